The van der Waals surface area contributed by atoms with Crippen molar-refractivity contribution in [1.82, 2.24) is 15.4 Å². The van der Waals surface area contributed by atoms with Crippen LogP contribution in [-0.2, 0) is 0 Å². The zero-order chi connectivity index (χ0) is 9.80. The number of rotatable bonds is 2. The Labute approximate surface area is 83.3 Å². The fourth-order valence-corrected chi connectivity index (χ4v) is 1.75. The number of nitrogens with one attached hydrogen (secondary N) is 1. The average molecular weight is 193 g/mol. The largest absolute Gasteiger partial charge is 0.356 e. The van der Waals surface area contributed by atoms with Crippen LogP contribution in [0.1, 0.15) is 12.8 Å². The molecule has 0 radical (unpaired) electrons. The molecule has 0 spiro atoms. The maximum atomic E-state index is 5.39. The summed E-state index contributed by atoms with van der Waals surface area (Å²) in [5.41, 5.74) is 2.82. The van der Waals surface area contributed by atoms with Gasteiger partial charge in [-0.25, -0.2) is 9.97 Å². The third-order valence-corrected chi connectivity index (χ3v) is 2.62. The Bertz CT molecular complexity index is 268. The Morgan fingerprint density at radius 1 is 1.43 bits per heavy atom. The summed E-state index contributed by atoms with van der Waals surface area (Å²) in [6.07, 6.45) is 5.50. The van der Waals surface area contributed by atoms with Crippen LogP contribution in [0.5, 0.6) is 0 Å². The molecule has 2 heterocycles. The molecule has 76 valence electrons. The molecule has 5 heteroatoms. The first kappa shape index (κ1) is 9.36. The van der Waals surface area contributed by atoms with Crippen molar-refractivity contribution in [3.8, 4) is 0 Å². The van der Waals surface area contributed by atoms with Gasteiger partial charge in [-0.1, -0.05) is 0 Å². The van der Waals surface area contributed by atoms with Gasteiger partial charge in [-0.05, 0) is 18.9 Å². The number of piperidine rings is 1. The average Bonchev–Trinajstić information content (AvgIpc) is 2.30. The standard InChI is InChI=1S/C9H15N5/c10-13-8-2-5-14(6-3-8)9-1-4-11-7-12-9/h1,4,7-8,13H,2-3,5-6,10H2. The van der Waals surface area contributed by atoms with Crippen LogP contribution < -0.4 is 16.2 Å². The lowest BCUT2D eigenvalue weighted by atomic mass is 10.1. The number of nitrogens with zero attached hydrogens (tertiary/aromatic N) is 3. The minimum atomic E-state index is 0.452. The maximum absolute atomic E-state index is 5.39. The van der Waals surface area contributed by atoms with Gasteiger partial charge in [0.25, 0.3) is 0 Å². The van der Waals surface area contributed by atoms with Gasteiger partial charge >= 0.3 is 0 Å². The van der Waals surface area contributed by atoms with Crippen molar-refractivity contribution in [2.45, 2.75) is 18.9 Å². The Kier molecular flexibility index (Phi) is 2.90. The van der Waals surface area contributed by atoms with Gasteiger partial charge in [0.15, 0.2) is 0 Å². The summed E-state index contributed by atoms with van der Waals surface area (Å²) < 4.78 is 0. The van der Waals surface area contributed by atoms with Crippen LogP contribution in [-0.4, -0.2) is 29.1 Å². The van der Waals surface area contributed by atoms with Crippen LogP contribution in [0, 0.1) is 0 Å². The third kappa shape index (κ3) is 2.00. The molecule has 1 aliphatic heterocycles. The van der Waals surface area contributed by atoms with Gasteiger partial charge in [-0.3, -0.25) is 11.3 Å². The van der Waals surface area contributed by atoms with E-state index in [1.54, 1.807) is 12.5 Å². The second-order valence-electron chi connectivity index (χ2n) is 3.50. The summed E-state index contributed by atoms with van der Waals surface area (Å²) in [6.45, 7) is 2.01. The van der Waals surface area contributed by atoms with E-state index in [-0.39, 0.29) is 0 Å². The lowest BCUT2D eigenvalue weighted by Crippen LogP contribution is -2.45. The maximum Gasteiger partial charge on any atom is 0.131 e. The highest BCUT2D eigenvalue weighted by atomic mass is 15.3. The molecule has 0 unspecified atom stereocenters. The SMILES string of the molecule is NNC1CCN(c2ccncn2)CC1. The molecule has 2 rings (SSSR count). The number of hydrazine groups is 1. The van der Waals surface area contributed by atoms with E-state index in [0.717, 1.165) is 31.7 Å². The zero-order valence-electron chi connectivity index (χ0n) is 8.06. The monoisotopic (exact) mass is 193 g/mol. The molecule has 0 amide bonds. The van der Waals surface area contributed by atoms with Crippen molar-refractivity contribution in [3.63, 3.8) is 0 Å². The van der Waals surface area contributed by atoms with Gasteiger partial charge in [0.05, 0.1) is 0 Å². The van der Waals surface area contributed by atoms with Crippen LogP contribution in [0.3, 0.4) is 0 Å². The van der Waals surface area contributed by atoms with E-state index in [4.69, 9.17) is 5.84 Å². The molecule has 3 N–H and O–H groups in total. The van der Waals surface area contributed by atoms with Gasteiger partial charge in [-0.2, -0.15) is 0 Å². The van der Waals surface area contributed by atoms with Crippen molar-refractivity contribution in [1.29, 1.82) is 0 Å². The topological polar surface area (TPSA) is 67.1 Å². The van der Waals surface area contributed by atoms with Gasteiger partial charge in [-0.15, -0.1) is 0 Å². The molecular formula is C9H15N5. The Morgan fingerprint density at radius 2 is 2.21 bits per heavy atom. The quantitative estimate of drug-likeness (QED) is 0.507. The van der Waals surface area contributed by atoms with Gasteiger partial charge in [0.1, 0.15) is 12.1 Å². The number of hydrogen-bond donors (Lipinski definition) is 2. The van der Waals surface area contributed by atoms with Crippen LogP contribution in [0.2, 0.25) is 0 Å². The van der Waals surface area contributed by atoms with Gasteiger partial charge < -0.3 is 4.90 Å². The van der Waals surface area contributed by atoms with E-state index in [1.165, 1.54) is 0 Å². The third-order valence-electron chi connectivity index (χ3n) is 2.62. The van der Waals surface area contributed by atoms with Crippen LogP contribution in [0.4, 0.5) is 5.82 Å². The van der Waals surface area contributed by atoms with Crippen molar-refractivity contribution in [2.75, 3.05) is 18.0 Å². The highest BCUT2D eigenvalue weighted by Crippen LogP contribution is 2.15. The van der Waals surface area contributed by atoms with E-state index in [0.29, 0.717) is 6.04 Å². The van der Waals surface area contributed by atoms with E-state index in [2.05, 4.69) is 20.3 Å². The summed E-state index contributed by atoms with van der Waals surface area (Å²) in [6, 6.07) is 2.39. The fourth-order valence-electron chi connectivity index (χ4n) is 1.75. The second-order valence-corrected chi connectivity index (χ2v) is 3.50. The van der Waals surface area contributed by atoms with E-state index in [1.807, 2.05) is 6.07 Å². The van der Waals surface area contributed by atoms with Crippen LogP contribution in [0.25, 0.3) is 0 Å². The normalized spacial score (nSPS) is 18.5. The highest BCUT2D eigenvalue weighted by molar-refractivity contribution is 5.36. The highest BCUT2D eigenvalue weighted by Gasteiger charge is 2.18. The van der Waals surface area contributed by atoms with Crippen molar-refractivity contribution < 1.29 is 0 Å². The zero-order valence-corrected chi connectivity index (χ0v) is 8.06. The molecule has 1 fully saturated rings. The van der Waals surface area contributed by atoms with E-state index < -0.39 is 0 Å². The van der Waals surface area contributed by atoms with Crippen molar-refractivity contribution >= 4 is 5.82 Å². The molecule has 1 saturated heterocycles. The summed E-state index contributed by atoms with van der Waals surface area (Å²) in [5, 5.41) is 0. The lowest BCUT2D eigenvalue weighted by Gasteiger charge is -2.32. The van der Waals surface area contributed by atoms with Crippen LogP contribution in [0.15, 0.2) is 18.6 Å². The summed E-state index contributed by atoms with van der Waals surface area (Å²) in [7, 11) is 0. The summed E-state index contributed by atoms with van der Waals surface area (Å²) in [5.74, 6) is 6.40. The smallest absolute Gasteiger partial charge is 0.131 e. The minimum Gasteiger partial charge on any atom is -0.356 e. The van der Waals surface area contributed by atoms with Gasteiger partial charge in [0.2, 0.25) is 0 Å². The number of nitrogens with two attached hydrogens (primary N) is 1. The summed E-state index contributed by atoms with van der Waals surface area (Å²) in [4.78, 5) is 10.4. The molecule has 1 aliphatic rings. The Morgan fingerprint density at radius 3 is 2.79 bits per heavy atom. The van der Waals surface area contributed by atoms with Crippen LogP contribution >= 0.6 is 0 Å². The molecule has 14 heavy (non-hydrogen) atoms. The Hall–Kier alpha value is -1.20. The number of aromatic nitrogens is 2. The second kappa shape index (κ2) is 4.34. The molecule has 1 aromatic rings. The van der Waals surface area contributed by atoms with Gasteiger partial charge in [0, 0.05) is 25.3 Å². The van der Waals surface area contributed by atoms with E-state index >= 15 is 0 Å². The minimum absolute atomic E-state index is 0.452. The number of anilines is 1. The first-order valence-corrected chi connectivity index (χ1v) is 4.87. The first-order chi connectivity index (χ1) is 6.90. The molecule has 1 aromatic heterocycles. The predicted molar refractivity (Wildman–Crippen MR) is 54.6 cm³/mol. The molecule has 0 atom stereocenters. The predicted octanol–water partition coefficient (Wildman–Crippen LogP) is -0.0913. The summed E-state index contributed by atoms with van der Waals surface area (Å²) >= 11 is 0. The molecule has 0 aromatic carbocycles. The molecule has 0 bridgehead atoms. The molecular weight excluding hydrogens is 178 g/mol. The molecule has 0 saturated carbocycles. The number of hydrogen-bond acceptors (Lipinski definition) is 5. The van der Waals surface area contributed by atoms with Crippen molar-refractivity contribution in [2.24, 2.45) is 5.84 Å². The van der Waals surface area contributed by atoms with Crippen molar-refractivity contribution in [3.05, 3.63) is 18.6 Å². The fraction of sp³-hybridized carbons (Fsp3) is 0.556. The molecule has 0 aliphatic carbocycles. The first-order valence-electron chi connectivity index (χ1n) is 4.87. The Balaban J connectivity index is 1.96. The lowest BCUT2D eigenvalue weighted by molar-refractivity contribution is 0.422. The molecule has 5 nitrogen and oxygen atoms in total. The van der Waals surface area contributed by atoms with E-state index in [9.17, 15) is 0 Å².